The highest BCUT2D eigenvalue weighted by Crippen LogP contribution is 2.15. The monoisotopic (exact) mass is 275 g/mol. The number of pyridine rings is 1. The molecule has 0 amide bonds. The molecule has 1 rings (SSSR count). The van der Waals surface area contributed by atoms with Gasteiger partial charge in [-0.05, 0) is 46.8 Å². The Bertz CT molecular complexity index is 260. The van der Waals surface area contributed by atoms with Gasteiger partial charge in [-0.1, -0.05) is 13.3 Å². The molecule has 14 heavy (non-hydrogen) atoms. The maximum atomic E-state index is 5.89. The zero-order valence-corrected chi connectivity index (χ0v) is 10.7. The Morgan fingerprint density at radius 1 is 1.50 bits per heavy atom. The second kappa shape index (κ2) is 6.41. The Kier molecular flexibility index (Phi) is 5.49. The van der Waals surface area contributed by atoms with Crippen LogP contribution in [-0.4, -0.2) is 10.9 Å². The van der Waals surface area contributed by atoms with Crippen molar-refractivity contribution < 1.29 is 0 Å². The molecule has 0 aliphatic carbocycles. The number of halogens is 2. The van der Waals surface area contributed by atoms with Crippen LogP contribution in [0, 0.1) is 5.92 Å². The fourth-order valence-corrected chi connectivity index (χ4v) is 1.96. The van der Waals surface area contributed by atoms with Crippen molar-refractivity contribution in [3.05, 3.63) is 28.5 Å². The van der Waals surface area contributed by atoms with Gasteiger partial charge in [-0.25, -0.2) is 0 Å². The molecule has 0 N–H and O–H groups in total. The maximum absolute atomic E-state index is 5.89. The highest BCUT2D eigenvalue weighted by molar-refractivity contribution is 9.10. The van der Waals surface area contributed by atoms with E-state index in [2.05, 4.69) is 33.9 Å². The summed E-state index contributed by atoms with van der Waals surface area (Å²) in [6.45, 7) is 2.19. The lowest BCUT2D eigenvalue weighted by atomic mass is 10.00. The van der Waals surface area contributed by atoms with Crippen LogP contribution in [0.5, 0.6) is 0 Å². The van der Waals surface area contributed by atoms with Crippen LogP contribution in [0.3, 0.4) is 0 Å². The van der Waals surface area contributed by atoms with Gasteiger partial charge in [0.05, 0.1) is 0 Å². The summed E-state index contributed by atoms with van der Waals surface area (Å²) in [7, 11) is 0. The molecule has 1 heterocycles. The van der Waals surface area contributed by atoms with Gasteiger partial charge in [-0.15, -0.1) is 11.6 Å². The van der Waals surface area contributed by atoms with Crippen LogP contribution >= 0.6 is 27.5 Å². The molecule has 0 saturated heterocycles. The van der Waals surface area contributed by atoms with Crippen LogP contribution in [0.2, 0.25) is 0 Å². The molecule has 1 atom stereocenters. The lowest BCUT2D eigenvalue weighted by molar-refractivity contribution is 0.522. The molecule has 1 aromatic heterocycles. The van der Waals surface area contributed by atoms with Crippen molar-refractivity contribution in [2.75, 3.05) is 5.88 Å². The van der Waals surface area contributed by atoms with Crippen LogP contribution in [0.25, 0.3) is 0 Å². The predicted octanol–water partition coefficient (Wildman–Crippen LogP) is 4.04. The van der Waals surface area contributed by atoms with Crippen LogP contribution in [-0.2, 0) is 6.42 Å². The van der Waals surface area contributed by atoms with Crippen molar-refractivity contribution in [2.45, 2.75) is 26.2 Å². The van der Waals surface area contributed by atoms with Gasteiger partial charge >= 0.3 is 0 Å². The van der Waals surface area contributed by atoms with Gasteiger partial charge < -0.3 is 0 Å². The van der Waals surface area contributed by atoms with E-state index < -0.39 is 0 Å². The van der Waals surface area contributed by atoms with Crippen molar-refractivity contribution in [1.29, 1.82) is 0 Å². The fourth-order valence-electron chi connectivity index (χ4n) is 1.46. The van der Waals surface area contributed by atoms with Crippen molar-refractivity contribution in [3.8, 4) is 0 Å². The molecule has 0 aliphatic rings. The topological polar surface area (TPSA) is 12.9 Å². The van der Waals surface area contributed by atoms with E-state index in [1.165, 1.54) is 12.8 Å². The Hall–Kier alpha value is -0.0800. The van der Waals surface area contributed by atoms with E-state index in [0.717, 1.165) is 22.5 Å². The summed E-state index contributed by atoms with van der Waals surface area (Å²) in [5, 5.41) is 0. The first kappa shape index (κ1) is 12.0. The first-order valence-corrected chi connectivity index (χ1v) is 6.25. The molecule has 1 nitrogen and oxygen atoms in total. The molecular weight excluding hydrogens is 261 g/mol. The number of hydrogen-bond acceptors (Lipinski definition) is 1. The molecule has 0 spiro atoms. The number of rotatable bonds is 5. The van der Waals surface area contributed by atoms with Crippen molar-refractivity contribution in [2.24, 2.45) is 5.92 Å². The zero-order valence-electron chi connectivity index (χ0n) is 8.34. The highest BCUT2D eigenvalue weighted by atomic mass is 79.9. The molecule has 0 saturated carbocycles. The second-order valence-corrected chi connectivity index (χ2v) is 4.71. The summed E-state index contributed by atoms with van der Waals surface area (Å²) in [6, 6.07) is 4.08. The zero-order chi connectivity index (χ0) is 10.4. The molecule has 0 fully saturated rings. The number of aromatic nitrogens is 1. The van der Waals surface area contributed by atoms with Crippen molar-refractivity contribution in [1.82, 2.24) is 4.98 Å². The second-order valence-electron chi connectivity index (χ2n) is 3.48. The number of hydrogen-bond donors (Lipinski definition) is 0. The van der Waals surface area contributed by atoms with Gasteiger partial charge in [0.1, 0.15) is 0 Å². The number of alkyl halides is 1. The van der Waals surface area contributed by atoms with Gasteiger partial charge in [0.25, 0.3) is 0 Å². The lowest BCUT2D eigenvalue weighted by Crippen LogP contribution is -2.07. The van der Waals surface area contributed by atoms with E-state index in [1.54, 1.807) is 0 Å². The molecular formula is C11H15BrClN. The molecule has 0 bridgehead atoms. The van der Waals surface area contributed by atoms with E-state index in [0.29, 0.717) is 5.92 Å². The fraction of sp³-hybridized carbons (Fsp3) is 0.545. The van der Waals surface area contributed by atoms with E-state index in [4.69, 9.17) is 11.6 Å². The average Bonchev–Trinajstić information content (AvgIpc) is 2.20. The molecule has 78 valence electrons. The summed E-state index contributed by atoms with van der Waals surface area (Å²) >= 11 is 9.26. The quantitative estimate of drug-likeness (QED) is 0.740. The van der Waals surface area contributed by atoms with E-state index in [1.807, 2.05) is 12.3 Å². The lowest BCUT2D eigenvalue weighted by Gasteiger charge is -2.11. The van der Waals surface area contributed by atoms with Crippen LogP contribution in [0.4, 0.5) is 0 Å². The summed E-state index contributed by atoms with van der Waals surface area (Å²) in [6.07, 6.45) is 5.20. The normalized spacial score (nSPS) is 12.8. The van der Waals surface area contributed by atoms with Crippen LogP contribution in [0.15, 0.2) is 22.8 Å². The summed E-state index contributed by atoms with van der Waals surface area (Å²) in [5.74, 6) is 1.29. The Balaban J connectivity index is 2.53. The first-order valence-electron chi connectivity index (χ1n) is 4.92. The summed E-state index contributed by atoms with van der Waals surface area (Å²) in [5.41, 5.74) is 1.13. The van der Waals surface area contributed by atoms with E-state index >= 15 is 0 Å². The van der Waals surface area contributed by atoms with Crippen LogP contribution in [0.1, 0.15) is 25.5 Å². The molecule has 0 aliphatic heterocycles. The Morgan fingerprint density at radius 3 is 2.79 bits per heavy atom. The molecule has 1 unspecified atom stereocenters. The minimum Gasteiger partial charge on any atom is -0.260 e. The predicted molar refractivity (Wildman–Crippen MR) is 64.8 cm³/mol. The third-order valence-electron chi connectivity index (χ3n) is 2.20. The van der Waals surface area contributed by atoms with Gasteiger partial charge in [-0.3, -0.25) is 4.98 Å². The van der Waals surface area contributed by atoms with Crippen molar-refractivity contribution in [3.63, 3.8) is 0 Å². The highest BCUT2D eigenvalue weighted by Gasteiger charge is 2.07. The molecule has 3 heteroatoms. The maximum Gasteiger partial charge on any atom is 0.0413 e. The Morgan fingerprint density at radius 2 is 2.29 bits per heavy atom. The van der Waals surface area contributed by atoms with Gasteiger partial charge in [0.2, 0.25) is 0 Å². The van der Waals surface area contributed by atoms with Crippen molar-refractivity contribution >= 4 is 27.5 Å². The molecule has 1 aromatic rings. The third-order valence-corrected chi connectivity index (χ3v) is 3.11. The third kappa shape index (κ3) is 3.97. The molecule has 0 aromatic carbocycles. The first-order chi connectivity index (χ1) is 6.76. The van der Waals surface area contributed by atoms with Gasteiger partial charge in [0.15, 0.2) is 0 Å². The van der Waals surface area contributed by atoms with Crippen LogP contribution < -0.4 is 0 Å². The van der Waals surface area contributed by atoms with Gasteiger partial charge in [-0.2, -0.15) is 0 Å². The summed E-state index contributed by atoms with van der Waals surface area (Å²) in [4.78, 5) is 4.34. The Labute approximate surface area is 99.0 Å². The average molecular weight is 277 g/mol. The van der Waals surface area contributed by atoms with E-state index in [9.17, 15) is 0 Å². The smallest absolute Gasteiger partial charge is 0.0413 e. The van der Waals surface area contributed by atoms with Gasteiger partial charge in [0, 0.05) is 22.2 Å². The summed E-state index contributed by atoms with van der Waals surface area (Å²) < 4.78 is 1.03. The number of nitrogens with zero attached hydrogens (tertiary/aromatic N) is 1. The minimum atomic E-state index is 0.565. The SMILES string of the molecule is CCCC(CCl)Cc1ccc(Br)cn1. The van der Waals surface area contributed by atoms with E-state index in [-0.39, 0.29) is 0 Å². The minimum absolute atomic E-state index is 0.565. The largest absolute Gasteiger partial charge is 0.260 e. The standard InChI is InChI=1S/C11H15BrClN/c1-2-3-9(7-13)6-11-5-4-10(12)8-14-11/h4-5,8-9H,2-3,6-7H2,1H3. The molecule has 0 radical (unpaired) electrons.